The molecule has 2 heterocycles. The van der Waals surface area contributed by atoms with Gasteiger partial charge in [0, 0.05) is 24.2 Å². The van der Waals surface area contributed by atoms with Gasteiger partial charge in [-0.25, -0.2) is 4.79 Å². The normalized spacial score (nSPS) is 10.4. The van der Waals surface area contributed by atoms with Gasteiger partial charge in [0.1, 0.15) is 17.2 Å². The van der Waals surface area contributed by atoms with Crippen molar-refractivity contribution in [2.75, 3.05) is 5.32 Å². The third kappa shape index (κ3) is 5.47. The highest BCUT2D eigenvalue weighted by molar-refractivity contribution is 6.41. The molecule has 0 atom stereocenters. The monoisotopic (exact) mass is 441 g/mol. The second kappa shape index (κ2) is 9.56. The number of hydrogen-bond acceptors (Lipinski definition) is 6. The Bertz CT molecular complexity index is 1340. The highest BCUT2D eigenvalue weighted by Crippen LogP contribution is 2.22. The van der Waals surface area contributed by atoms with Gasteiger partial charge in [-0.2, -0.15) is 0 Å². The fraction of sp³-hybridized carbons (Fsp3) is 0.0417. The maximum Gasteiger partial charge on any atom is 0.319 e. The van der Waals surface area contributed by atoms with Gasteiger partial charge in [0.15, 0.2) is 0 Å². The zero-order valence-electron chi connectivity index (χ0n) is 17.3. The van der Waals surface area contributed by atoms with Gasteiger partial charge in [0.05, 0.1) is 17.4 Å². The van der Waals surface area contributed by atoms with Crippen molar-refractivity contribution in [3.05, 3.63) is 90.4 Å². The van der Waals surface area contributed by atoms with Crippen molar-refractivity contribution in [3.63, 3.8) is 0 Å². The van der Waals surface area contributed by atoms with Crippen LogP contribution in [0.1, 0.15) is 16.1 Å². The van der Waals surface area contributed by atoms with E-state index in [1.54, 1.807) is 36.5 Å². The molecule has 2 aromatic carbocycles. The molecule has 9 nitrogen and oxygen atoms in total. The highest BCUT2D eigenvalue weighted by Gasteiger charge is 2.14. The van der Waals surface area contributed by atoms with Crippen molar-refractivity contribution in [2.45, 2.75) is 6.54 Å². The Labute approximate surface area is 188 Å². The third-order valence-electron chi connectivity index (χ3n) is 4.65. The lowest BCUT2D eigenvalue weighted by Gasteiger charge is -2.10. The summed E-state index contributed by atoms with van der Waals surface area (Å²) in [5.74, 6) is -1.13. The molecule has 0 bridgehead atoms. The van der Waals surface area contributed by atoms with E-state index in [4.69, 9.17) is 10.5 Å². The number of para-hydroxylation sites is 1. The molecule has 0 aliphatic heterocycles. The molecule has 33 heavy (non-hydrogen) atoms. The molecule has 0 aliphatic carbocycles. The summed E-state index contributed by atoms with van der Waals surface area (Å²) in [5.41, 5.74) is 7.21. The fourth-order valence-electron chi connectivity index (χ4n) is 3.03. The van der Waals surface area contributed by atoms with Crippen LogP contribution in [-0.4, -0.2) is 27.7 Å². The van der Waals surface area contributed by atoms with Gasteiger partial charge in [0.2, 0.25) is 0 Å². The number of primary amides is 1. The summed E-state index contributed by atoms with van der Waals surface area (Å²) in [7, 11) is 0. The summed E-state index contributed by atoms with van der Waals surface area (Å²) < 4.78 is 5.69. The minimum absolute atomic E-state index is 0.0894. The topological polar surface area (TPSA) is 136 Å². The minimum atomic E-state index is -1.09. The number of nitrogens with two attached hydrogens (primary N) is 1. The molecule has 4 N–H and O–H groups in total. The zero-order valence-corrected chi connectivity index (χ0v) is 17.3. The first-order chi connectivity index (χ1) is 16.0. The summed E-state index contributed by atoms with van der Waals surface area (Å²) in [5, 5.41) is 6.49. The number of carbonyl (C=O) groups excluding carboxylic acids is 3. The van der Waals surface area contributed by atoms with Crippen molar-refractivity contribution in [2.24, 2.45) is 5.73 Å². The number of pyridine rings is 2. The number of hydrogen-bond donors (Lipinski definition) is 3. The first-order valence-electron chi connectivity index (χ1n) is 9.94. The third-order valence-corrected chi connectivity index (χ3v) is 4.65. The van der Waals surface area contributed by atoms with E-state index in [2.05, 4.69) is 20.6 Å². The Kier molecular flexibility index (Phi) is 6.21. The Morgan fingerprint density at radius 1 is 0.909 bits per heavy atom. The van der Waals surface area contributed by atoms with Crippen LogP contribution in [0, 0.1) is 0 Å². The zero-order chi connectivity index (χ0) is 23.2. The number of carbonyl (C=O) groups is 3. The molecule has 0 fully saturated rings. The molecular weight excluding hydrogens is 422 g/mol. The van der Waals surface area contributed by atoms with Gasteiger partial charge in [0.25, 0.3) is 11.7 Å². The number of benzene rings is 2. The number of ketones is 1. The van der Waals surface area contributed by atoms with Crippen molar-refractivity contribution in [1.82, 2.24) is 15.3 Å². The molecule has 0 radical (unpaired) electrons. The van der Waals surface area contributed by atoms with Gasteiger partial charge >= 0.3 is 6.03 Å². The number of ether oxygens (including phenoxy) is 1. The van der Waals surface area contributed by atoms with E-state index in [0.717, 1.165) is 16.5 Å². The van der Waals surface area contributed by atoms with E-state index in [1.165, 1.54) is 12.3 Å². The molecule has 0 aliphatic rings. The Balaban J connectivity index is 1.32. The quantitative estimate of drug-likeness (QED) is 0.297. The number of aromatic nitrogens is 2. The van der Waals surface area contributed by atoms with E-state index < -0.39 is 11.7 Å². The lowest BCUT2D eigenvalue weighted by atomic mass is 10.2. The number of amides is 3. The lowest BCUT2D eigenvalue weighted by Crippen LogP contribution is -2.28. The van der Waals surface area contributed by atoms with E-state index in [-0.39, 0.29) is 11.7 Å². The second-order valence-electron chi connectivity index (χ2n) is 7.04. The minimum Gasteiger partial charge on any atom is -0.457 e. The van der Waals surface area contributed by atoms with E-state index in [1.807, 2.05) is 30.3 Å². The van der Waals surface area contributed by atoms with Gasteiger partial charge in [-0.3, -0.25) is 19.6 Å². The van der Waals surface area contributed by atoms with Crippen molar-refractivity contribution in [3.8, 4) is 11.5 Å². The number of nitrogens with zero attached hydrogens (tertiary/aromatic N) is 2. The predicted molar refractivity (Wildman–Crippen MR) is 122 cm³/mol. The molecule has 2 aromatic heterocycles. The van der Waals surface area contributed by atoms with Gasteiger partial charge in [-0.05, 0) is 35.9 Å². The Morgan fingerprint density at radius 3 is 2.48 bits per heavy atom. The largest absolute Gasteiger partial charge is 0.457 e. The van der Waals surface area contributed by atoms with E-state index in [0.29, 0.717) is 23.7 Å². The van der Waals surface area contributed by atoms with E-state index in [9.17, 15) is 14.4 Å². The van der Waals surface area contributed by atoms with Crippen LogP contribution >= 0.6 is 0 Å². The van der Waals surface area contributed by atoms with Crippen LogP contribution in [0.5, 0.6) is 11.5 Å². The number of rotatable bonds is 7. The Morgan fingerprint density at radius 2 is 1.70 bits per heavy atom. The smallest absolute Gasteiger partial charge is 0.319 e. The standard InChI is InChI=1S/C24H19N5O4/c25-23(31)22(30)21-12-19(9-10-26-21)33-18-7-5-15(6-8-18)13-28-24(32)29-17-11-16-3-1-2-4-20(16)27-14-17/h1-12,14H,13H2,(H2,25,31)(H2,28,29,32). The van der Waals surface area contributed by atoms with Crippen LogP contribution in [0.15, 0.2) is 79.1 Å². The summed E-state index contributed by atoms with van der Waals surface area (Å²) in [4.78, 5) is 43.0. The number of nitrogens with one attached hydrogen (secondary N) is 2. The molecule has 9 heteroatoms. The van der Waals surface area contributed by atoms with Crippen LogP contribution in [0.2, 0.25) is 0 Å². The number of anilines is 1. The molecule has 164 valence electrons. The van der Waals surface area contributed by atoms with Crippen molar-refractivity contribution in [1.29, 1.82) is 0 Å². The lowest BCUT2D eigenvalue weighted by molar-refractivity contribution is -0.114. The fourth-order valence-corrected chi connectivity index (χ4v) is 3.03. The molecule has 0 saturated carbocycles. The van der Waals surface area contributed by atoms with Crippen molar-refractivity contribution < 1.29 is 19.1 Å². The van der Waals surface area contributed by atoms with Crippen LogP contribution in [0.25, 0.3) is 10.9 Å². The first-order valence-corrected chi connectivity index (χ1v) is 9.94. The number of urea groups is 1. The Hall–Kier alpha value is -4.79. The highest BCUT2D eigenvalue weighted by atomic mass is 16.5. The number of Topliss-reactive ketones (excluding diaryl/α,β-unsaturated/α-hetero) is 1. The summed E-state index contributed by atoms with van der Waals surface area (Å²) in [6.45, 7) is 0.305. The molecular formula is C24H19N5O4. The van der Waals surface area contributed by atoms with Crippen LogP contribution in [-0.2, 0) is 11.3 Å². The molecule has 0 unspecified atom stereocenters. The van der Waals surface area contributed by atoms with Crippen LogP contribution in [0.4, 0.5) is 10.5 Å². The molecule has 4 aromatic rings. The van der Waals surface area contributed by atoms with E-state index >= 15 is 0 Å². The van der Waals surface area contributed by atoms with Crippen molar-refractivity contribution >= 4 is 34.3 Å². The summed E-state index contributed by atoms with van der Waals surface area (Å²) in [6, 6.07) is 19.1. The maximum absolute atomic E-state index is 12.2. The average Bonchev–Trinajstić information content (AvgIpc) is 2.83. The molecule has 3 amide bonds. The average molecular weight is 441 g/mol. The molecule has 0 saturated heterocycles. The van der Waals surface area contributed by atoms with Gasteiger partial charge < -0.3 is 21.1 Å². The predicted octanol–water partition coefficient (Wildman–Crippen LogP) is 3.41. The molecule has 4 rings (SSSR count). The first kappa shape index (κ1) is 21.4. The van der Waals surface area contributed by atoms with Crippen LogP contribution in [0.3, 0.4) is 0 Å². The SMILES string of the molecule is NC(=O)C(=O)c1cc(Oc2ccc(CNC(=O)Nc3cnc4ccccc4c3)cc2)ccn1. The van der Waals surface area contributed by atoms with Gasteiger partial charge in [-0.1, -0.05) is 30.3 Å². The summed E-state index contributed by atoms with van der Waals surface area (Å²) in [6.07, 6.45) is 2.96. The van der Waals surface area contributed by atoms with Gasteiger partial charge in [-0.15, -0.1) is 0 Å². The van der Waals surface area contributed by atoms with Crippen LogP contribution < -0.4 is 21.1 Å². The number of fused-ring (bicyclic) bond motifs is 1. The maximum atomic E-state index is 12.2. The summed E-state index contributed by atoms with van der Waals surface area (Å²) >= 11 is 0. The second-order valence-corrected chi connectivity index (χ2v) is 7.04. The molecule has 0 spiro atoms.